The molecule has 0 saturated heterocycles. The van der Waals surface area contributed by atoms with Crippen LogP contribution in [0.25, 0.3) is 0 Å². The highest BCUT2D eigenvalue weighted by molar-refractivity contribution is 4.75. The molecule has 0 bridgehead atoms. The SMILES string of the molecule is [3H]c1cc[nH]c(=O)n1. The second-order valence-corrected chi connectivity index (χ2v) is 1.02. The van der Waals surface area contributed by atoms with Crippen LogP contribution in [0, 0.1) is 0 Å². The van der Waals surface area contributed by atoms with Crippen molar-refractivity contribution < 1.29 is 1.37 Å². The number of hydrogen-bond donors (Lipinski definition) is 1. The Kier molecular flexibility index (Phi) is 0.656. The summed E-state index contributed by atoms with van der Waals surface area (Å²) >= 11 is 0. The van der Waals surface area contributed by atoms with Gasteiger partial charge in [0.05, 0.1) is 1.37 Å². The van der Waals surface area contributed by atoms with Crippen LogP contribution in [0.1, 0.15) is 1.37 Å². The lowest BCUT2D eigenvalue weighted by molar-refractivity contribution is 1.08. The Hall–Kier alpha value is -1.12. The van der Waals surface area contributed by atoms with E-state index in [9.17, 15) is 4.79 Å². The number of nitrogens with one attached hydrogen (secondary N) is 1. The van der Waals surface area contributed by atoms with Gasteiger partial charge in [-0.1, -0.05) is 0 Å². The first kappa shape index (κ1) is 2.96. The minimum absolute atomic E-state index is 0.00579. The van der Waals surface area contributed by atoms with Gasteiger partial charge < -0.3 is 4.98 Å². The maximum Gasteiger partial charge on any atom is 0.344 e. The van der Waals surface area contributed by atoms with Crippen molar-refractivity contribution in [2.24, 2.45) is 0 Å². The lowest BCUT2D eigenvalue weighted by atomic mass is 10.7. The number of aromatic amines is 1. The molecular formula is C4H4N2O. The molecule has 1 rings (SSSR count). The van der Waals surface area contributed by atoms with Crippen LogP contribution in [0.2, 0.25) is 0 Å². The highest BCUT2D eigenvalue weighted by Gasteiger charge is 1.70. The Labute approximate surface area is 41.4 Å². The molecule has 0 radical (unpaired) electrons. The van der Waals surface area contributed by atoms with Crippen LogP contribution >= 0.6 is 0 Å². The molecule has 3 nitrogen and oxygen atoms in total. The molecule has 3 heteroatoms. The van der Waals surface area contributed by atoms with Crippen LogP contribution in [-0.2, 0) is 0 Å². The Morgan fingerprint density at radius 3 is 3.29 bits per heavy atom. The molecule has 0 unspecified atom stereocenters. The molecule has 0 aliphatic carbocycles. The lowest BCUT2D eigenvalue weighted by Gasteiger charge is -1.72. The van der Waals surface area contributed by atoms with Crippen molar-refractivity contribution >= 4 is 0 Å². The normalized spacial score (nSPS) is 10.6. The zero-order chi connectivity index (χ0) is 5.98. The number of hydrogen-bond acceptors (Lipinski definition) is 2. The second kappa shape index (κ2) is 1.55. The van der Waals surface area contributed by atoms with E-state index < -0.39 is 5.69 Å². The summed E-state index contributed by atoms with van der Waals surface area (Å²) < 4.78 is 6.80. The van der Waals surface area contributed by atoms with Gasteiger partial charge in [-0.3, -0.25) is 0 Å². The summed E-state index contributed by atoms with van der Waals surface area (Å²) in [5.74, 6) is 0. The summed E-state index contributed by atoms with van der Waals surface area (Å²) in [5.41, 5.74) is -0.475. The van der Waals surface area contributed by atoms with E-state index in [0.717, 1.165) is 0 Å². The Balaban J connectivity index is 3.28. The molecule has 0 atom stereocenters. The minimum Gasteiger partial charge on any atom is -0.313 e. The quantitative estimate of drug-likeness (QED) is 0.487. The molecule has 7 heavy (non-hydrogen) atoms. The van der Waals surface area contributed by atoms with Gasteiger partial charge in [-0.2, -0.15) is 0 Å². The van der Waals surface area contributed by atoms with Gasteiger partial charge in [-0.05, 0) is 6.07 Å². The van der Waals surface area contributed by atoms with Crippen LogP contribution in [0.3, 0.4) is 0 Å². The molecule has 0 saturated carbocycles. The van der Waals surface area contributed by atoms with Crippen LogP contribution in [0.15, 0.2) is 23.2 Å². The molecule has 36 valence electrons. The summed E-state index contributed by atoms with van der Waals surface area (Å²) in [6, 6.07) is 1.40. The fraction of sp³-hybridized carbons (Fsp3) is 0. The molecule has 1 aromatic heterocycles. The topological polar surface area (TPSA) is 45.8 Å². The van der Waals surface area contributed by atoms with Gasteiger partial charge in [0.25, 0.3) is 0 Å². The summed E-state index contributed by atoms with van der Waals surface area (Å²) in [7, 11) is 0. The molecule has 0 aliphatic rings. The fourth-order valence-electron chi connectivity index (χ4n) is 0.278. The van der Waals surface area contributed by atoms with E-state index in [0.29, 0.717) is 0 Å². The lowest BCUT2D eigenvalue weighted by Crippen LogP contribution is -2.05. The van der Waals surface area contributed by atoms with E-state index in [1.54, 1.807) is 0 Å². The molecule has 1 heterocycles. The minimum atomic E-state index is -0.475. The summed E-state index contributed by atoms with van der Waals surface area (Å²) in [6.45, 7) is 0. The van der Waals surface area contributed by atoms with Crippen LogP contribution < -0.4 is 5.69 Å². The Bertz CT molecular complexity index is 231. The molecule has 0 spiro atoms. The smallest absolute Gasteiger partial charge is 0.313 e. The van der Waals surface area contributed by atoms with Gasteiger partial charge in [-0.15, -0.1) is 0 Å². The van der Waals surface area contributed by atoms with E-state index in [4.69, 9.17) is 1.37 Å². The molecule has 1 aromatic rings. The number of nitrogens with zero attached hydrogens (tertiary/aromatic N) is 1. The Morgan fingerprint density at radius 1 is 2.00 bits per heavy atom. The fourth-order valence-corrected chi connectivity index (χ4v) is 0.278. The van der Waals surface area contributed by atoms with Crippen molar-refractivity contribution in [1.82, 2.24) is 9.97 Å². The molecule has 0 aliphatic heterocycles. The maximum atomic E-state index is 10.2. The van der Waals surface area contributed by atoms with Crippen LogP contribution in [-0.4, -0.2) is 9.97 Å². The van der Waals surface area contributed by atoms with Gasteiger partial charge in [-0.25, -0.2) is 9.78 Å². The average Bonchev–Trinajstić information content (AvgIpc) is 1.64. The van der Waals surface area contributed by atoms with Gasteiger partial charge in [0.1, 0.15) is 0 Å². The molecule has 1 N–H and O–H groups in total. The van der Waals surface area contributed by atoms with E-state index in [1.165, 1.54) is 12.3 Å². The van der Waals surface area contributed by atoms with Crippen molar-refractivity contribution in [2.45, 2.75) is 0 Å². The summed E-state index contributed by atoms with van der Waals surface area (Å²) in [4.78, 5) is 15.7. The van der Waals surface area contributed by atoms with Crippen molar-refractivity contribution in [2.75, 3.05) is 0 Å². The van der Waals surface area contributed by atoms with Crippen molar-refractivity contribution in [3.63, 3.8) is 0 Å². The third kappa shape index (κ3) is 0.855. The van der Waals surface area contributed by atoms with Crippen molar-refractivity contribution in [1.29, 1.82) is 0 Å². The Morgan fingerprint density at radius 2 is 2.86 bits per heavy atom. The monoisotopic (exact) mass is 98.0 g/mol. The largest absolute Gasteiger partial charge is 0.344 e. The summed E-state index contributed by atoms with van der Waals surface area (Å²) in [5, 5.41) is 0. The molecule has 0 amide bonds. The van der Waals surface area contributed by atoms with E-state index in [-0.39, 0.29) is 6.17 Å². The van der Waals surface area contributed by atoms with Crippen molar-refractivity contribution in [3.05, 3.63) is 28.9 Å². The number of H-pyrrole nitrogens is 1. The van der Waals surface area contributed by atoms with E-state index in [1.807, 2.05) is 0 Å². The first-order valence-electron chi connectivity index (χ1n) is 2.31. The van der Waals surface area contributed by atoms with Gasteiger partial charge in [0, 0.05) is 12.4 Å². The standard InChI is InChI=1S/C4H4N2O/c7-4-5-2-1-3-6-4/h1-3H,(H,5,6,7)/i2T. The highest BCUT2D eigenvalue weighted by atomic mass is 16.1. The number of aromatic nitrogens is 2. The maximum absolute atomic E-state index is 10.2. The first-order valence-corrected chi connectivity index (χ1v) is 1.81. The van der Waals surface area contributed by atoms with Crippen LogP contribution in [0.5, 0.6) is 0 Å². The highest BCUT2D eigenvalue weighted by Crippen LogP contribution is 1.60. The zero-order valence-electron chi connectivity index (χ0n) is 4.51. The van der Waals surface area contributed by atoms with Crippen molar-refractivity contribution in [3.8, 4) is 0 Å². The van der Waals surface area contributed by atoms with Gasteiger partial charge in [0.2, 0.25) is 0 Å². The first-order chi connectivity index (χ1) is 3.79. The molecule has 0 fully saturated rings. The third-order valence-corrected chi connectivity index (χ3v) is 0.531. The molecular weight excluding hydrogens is 92.1 g/mol. The third-order valence-electron chi connectivity index (χ3n) is 0.531. The second-order valence-electron chi connectivity index (χ2n) is 1.02. The van der Waals surface area contributed by atoms with Gasteiger partial charge >= 0.3 is 5.69 Å². The van der Waals surface area contributed by atoms with Gasteiger partial charge in [0.15, 0.2) is 0 Å². The average molecular weight is 98.1 g/mol. The van der Waals surface area contributed by atoms with Crippen LogP contribution in [0.4, 0.5) is 0 Å². The van der Waals surface area contributed by atoms with E-state index in [2.05, 4.69) is 9.97 Å². The summed E-state index contributed by atoms with van der Waals surface area (Å²) in [6.07, 6.45) is 1.38. The molecule has 0 aromatic carbocycles. The zero-order valence-corrected chi connectivity index (χ0v) is 3.51. The number of rotatable bonds is 0. The van der Waals surface area contributed by atoms with E-state index >= 15 is 0 Å². The predicted octanol–water partition coefficient (Wildman–Crippen LogP) is -0.230. The predicted molar refractivity (Wildman–Crippen MR) is 24.9 cm³/mol.